The summed E-state index contributed by atoms with van der Waals surface area (Å²) in [5.41, 5.74) is 0.433. The van der Waals surface area contributed by atoms with Crippen LogP contribution in [0.5, 0.6) is 0 Å². The van der Waals surface area contributed by atoms with Crippen LogP contribution in [-0.2, 0) is 15.8 Å². The number of para-hydroxylation sites is 1. The average Bonchev–Trinajstić information content (AvgIpc) is 2.91. The monoisotopic (exact) mass is 529 g/mol. The Morgan fingerprint density at radius 3 is 2.30 bits per heavy atom. The van der Waals surface area contributed by atoms with Crippen molar-refractivity contribution in [2.24, 2.45) is 0 Å². The number of piperazine rings is 1. The zero-order valence-electron chi connectivity index (χ0n) is 20.5. The topological polar surface area (TPSA) is 43.9 Å². The van der Waals surface area contributed by atoms with E-state index in [1.54, 1.807) is 6.08 Å². The quantitative estimate of drug-likeness (QED) is 0.480. The number of nitrogens with zero attached hydrogens (tertiary/aromatic N) is 3. The van der Waals surface area contributed by atoms with Gasteiger partial charge in [0, 0.05) is 37.1 Å². The number of amides is 2. The van der Waals surface area contributed by atoms with Gasteiger partial charge in [0.25, 0.3) is 5.91 Å². The Morgan fingerprint density at radius 2 is 1.62 bits per heavy atom. The lowest BCUT2D eigenvalue weighted by molar-refractivity contribution is -0.137. The molecule has 2 aliphatic heterocycles. The minimum absolute atomic E-state index is 0.0653. The standard InChI is InChI=1S/C28H30F3N3O2S/c29-28(30,31)21-12-10-20(11-13-21)18-25-27(36)34(23-8-4-5-9-24(23)37-25)19-26(35)33-16-14-32(15-17-33)22-6-2-1-3-7-22/h4-5,8-13,18,22H,1-3,6-7,14-17,19H2. The van der Waals surface area contributed by atoms with E-state index in [1.807, 2.05) is 29.2 Å². The highest BCUT2D eigenvalue weighted by Crippen LogP contribution is 2.42. The third-order valence-corrected chi connectivity index (χ3v) is 8.50. The van der Waals surface area contributed by atoms with Crippen molar-refractivity contribution in [3.8, 4) is 0 Å². The summed E-state index contributed by atoms with van der Waals surface area (Å²) in [4.78, 5) is 33.8. The maximum atomic E-state index is 13.5. The third-order valence-electron chi connectivity index (χ3n) is 7.42. The Bertz CT molecular complexity index is 1170. The molecule has 196 valence electrons. The molecule has 1 saturated carbocycles. The molecule has 2 fully saturated rings. The highest BCUT2D eigenvalue weighted by atomic mass is 32.2. The van der Waals surface area contributed by atoms with Gasteiger partial charge in [-0.05, 0) is 48.7 Å². The Morgan fingerprint density at radius 1 is 0.946 bits per heavy atom. The lowest BCUT2D eigenvalue weighted by Crippen LogP contribution is -2.54. The number of carbonyl (C=O) groups is 2. The fourth-order valence-electron chi connectivity index (χ4n) is 5.36. The van der Waals surface area contributed by atoms with Crippen molar-refractivity contribution >= 4 is 35.3 Å². The minimum Gasteiger partial charge on any atom is -0.339 e. The van der Waals surface area contributed by atoms with Gasteiger partial charge in [-0.15, -0.1) is 0 Å². The number of thioether (sulfide) groups is 1. The van der Waals surface area contributed by atoms with Crippen molar-refractivity contribution in [2.45, 2.75) is 49.2 Å². The van der Waals surface area contributed by atoms with E-state index in [1.165, 1.54) is 60.9 Å². The molecule has 37 heavy (non-hydrogen) atoms. The molecule has 2 aromatic rings. The molecule has 0 aromatic heterocycles. The zero-order chi connectivity index (χ0) is 26.0. The summed E-state index contributed by atoms with van der Waals surface area (Å²) < 4.78 is 38.8. The van der Waals surface area contributed by atoms with Gasteiger partial charge in [-0.3, -0.25) is 19.4 Å². The van der Waals surface area contributed by atoms with E-state index >= 15 is 0 Å². The van der Waals surface area contributed by atoms with E-state index in [2.05, 4.69) is 4.90 Å². The summed E-state index contributed by atoms with van der Waals surface area (Å²) in [5, 5.41) is 0. The fourth-order valence-corrected chi connectivity index (χ4v) is 6.42. The van der Waals surface area contributed by atoms with E-state index in [4.69, 9.17) is 0 Å². The van der Waals surface area contributed by atoms with Crippen LogP contribution < -0.4 is 4.90 Å². The summed E-state index contributed by atoms with van der Waals surface area (Å²) in [7, 11) is 0. The molecular weight excluding hydrogens is 499 g/mol. The highest BCUT2D eigenvalue weighted by Gasteiger charge is 2.34. The predicted molar refractivity (Wildman–Crippen MR) is 139 cm³/mol. The maximum Gasteiger partial charge on any atom is 0.416 e. The van der Waals surface area contributed by atoms with Crippen LogP contribution >= 0.6 is 11.8 Å². The first kappa shape index (κ1) is 25.9. The highest BCUT2D eigenvalue weighted by molar-refractivity contribution is 8.04. The second-order valence-electron chi connectivity index (χ2n) is 9.80. The van der Waals surface area contributed by atoms with Gasteiger partial charge in [-0.25, -0.2) is 0 Å². The van der Waals surface area contributed by atoms with Crippen LogP contribution in [0.25, 0.3) is 6.08 Å². The Labute approximate surface area is 219 Å². The fraction of sp³-hybridized carbons (Fsp3) is 0.429. The number of hydrogen-bond donors (Lipinski definition) is 0. The molecule has 2 heterocycles. The SMILES string of the molecule is O=C(CN1C(=O)C(=Cc2ccc(C(F)(F)F)cc2)Sc2ccccc21)N1CCN(C2CCCCC2)CC1. The van der Waals surface area contributed by atoms with E-state index in [0.29, 0.717) is 35.3 Å². The molecule has 5 nitrogen and oxygen atoms in total. The largest absolute Gasteiger partial charge is 0.416 e. The van der Waals surface area contributed by atoms with E-state index in [9.17, 15) is 22.8 Å². The van der Waals surface area contributed by atoms with Crippen molar-refractivity contribution < 1.29 is 22.8 Å². The van der Waals surface area contributed by atoms with Gasteiger partial charge in [0.05, 0.1) is 16.2 Å². The van der Waals surface area contributed by atoms with Crippen LogP contribution in [0.3, 0.4) is 0 Å². The number of benzene rings is 2. The molecular formula is C28H30F3N3O2S. The van der Waals surface area contributed by atoms with Gasteiger partial charge in [-0.1, -0.05) is 55.3 Å². The number of carbonyl (C=O) groups excluding carboxylic acids is 2. The minimum atomic E-state index is -4.42. The first-order chi connectivity index (χ1) is 17.8. The van der Waals surface area contributed by atoms with Crippen molar-refractivity contribution in [1.29, 1.82) is 0 Å². The van der Waals surface area contributed by atoms with Gasteiger partial charge in [0.15, 0.2) is 0 Å². The van der Waals surface area contributed by atoms with Crippen LogP contribution in [0, 0.1) is 0 Å². The summed E-state index contributed by atoms with van der Waals surface area (Å²) in [6, 6.07) is 12.7. The number of anilines is 1. The molecule has 2 aromatic carbocycles. The molecule has 9 heteroatoms. The second kappa shape index (κ2) is 10.9. The summed E-state index contributed by atoms with van der Waals surface area (Å²) in [6.45, 7) is 2.96. The second-order valence-corrected chi connectivity index (χ2v) is 10.9. The molecule has 0 N–H and O–H groups in total. The molecule has 5 rings (SSSR count). The van der Waals surface area contributed by atoms with Crippen molar-refractivity contribution in [3.63, 3.8) is 0 Å². The molecule has 0 atom stereocenters. The number of alkyl halides is 3. The van der Waals surface area contributed by atoms with Gasteiger partial charge < -0.3 is 4.90 Å². The average molecular weight is 530 g/mol. The van der Waals surface area contributed by atoms with Crippen LogP contribution in [0.15, 0.2) is 58.3 Å². The van der Waals surface area contributed by atoms with Crippen molar-refractivity contribution in [3.05, 3.63) is 64.6 Å². The van der Waals surface area contributed by atoms with Gasteiger partial charge in [-0.2, -0.15) is 13.2 Å². The predicted octanol–water partition coefficient (Wildman–Crippen LogP) is 5.66. The normalized spacial score (nSPS) is 20.8. The number of hydrogen-bond acceptors (Lipinski definition) is 4. The van der Waals surface area contributed by atoms with Crippen molar-refractivity contribution in [2.75, 3.05) is 37.6 Å². The number of halogens is 3. The maximum absolute atomic E-state index is 13.5. The van der Waals surface area contributed by atoms with Crippen LogP contribution in [-0.4, -0.2) is 60.4 Å². The number of fused-ring (bicyclic) bond motifs is 1. The molecule has 1 saturated heterocycles. The van der Waals surface area contributed by atoms with E-state index in [-0.39, 0.29) is 18.4 Å². The van der Waals surface area contributed by atoms with Gasteiger partial charge >= 0.3 is 6.18 Å². The summed E-state index contributed by atoms with van der Waals surface area (Å²) in [5.74, 6) is -0.412. The first-order valence-corrected chi connectivity index (χ1v) is 13.6. The van der Waals surface area contributed by atoms with Gasteiger partial charge in [0.2, 0.25) is 5.91 Å². The van der Waals surface area contributed by atoms with Crippen LogP contribution in [0.2, 0.25) is 0 Å². The first-order valence-electron chi connectivity index (χ1n) is 12.8. The van der Waals surface area contributed by atoms with Crippen molar-refractivity contribution in [1.82, 2.24) is 9.80 Å². The lowest BCUT2D eigenvalue weighted by Gasteiger charge is -2.41. The summed E-state index contributed by atoms with van der Waals surface area (Å²) >= 11 is 1.27. The van der Waals surface area contributed by atoms with Gasteiger partial charge in [0.1, 0.15) is 6.54 Å². The Kier molecular flexibility index (Phi) is 7.62. The molecule has 0 unspecified atom stereocenters. The smallest absolute Gasteiger partial charge is 0.339 e. The molecule has 0 bridgehead atoms. The Hall–Kier alpha value is -2.78. The molecule has 0 spiro atoms. The molecule has 1 aliphatic carbocycles. The van der Waals surface area contributed by atoms with E-state index < -0.39 is 11.7 Å². The third kappa shape index (κ3) is 5.88. The number of rotatable bonds is 4. The zero-order valence-corrected chi connectivity index (χ0v) is 21.4. The summed E-state index contributed by atoms with van der Waals surface area (Å²) in [6.07, 6.45) is 3.51. The van der Waals surface area contributed by atoms with Crippen LogP contribution in [0.4, 0.5) is 18.9 Å². The van der Waals surface area contributed by atoms with E-state index in [0.717, 1.165) is 30.1 Å². The molecule has 0 radical (unpaired) electrons. The Balaban J connectivity index is 1.30. The van der Waals surface area contributed by atoms with Crippen LogP contribution in [0.1, 0.15) is 43.2 Å². The molecule has 2 amide bonds. The molecule has 3 aliphatic rings. The lowest BCUT2D eigenvalue weighted by atomic mass is 9.94.